The zero-order valence-corrected chi connectivity index (χ0v) is 15.5. The Balaban J connectivity index is 1.93. The quantitative estimate of drug-likeness (QED) is 0.525. The fourth-order valence-electron chi connectivity index (χ4n) is 4.35. The Morgan fingerprint density at radius 1 is 1.07 bits per heavy atom. The van der Waals surface area contributed by atoms with Crippen LogP contribution in [0.5, 0.6) is 0 Å². The third-order valence-corrected chi connectivity index (χ3v) is 5.78. The highest BCUT2D eigenvalue weighted by Crippen LogP contribution is 2.37. The molecule has 0 radical (unpaired) electrons. The maximum atomic E-state index is 14.9. The summed E-state index contributed by atoms with van der Waals surface area (Å²) >= 11 is 0. The molecule has 5 rings (SSSR count). The number of H-pyrrole nitrogens is 1. The molecular formula is C21H16F3N3O3. The van der Waals surface area contributed by atoms with Crippen molar-refractivity contribution in [2.24, 2.45) is 5.73 Å². The zero-order chi connectivity index (χ0) is 21.2. The minimum atomic E-state index is -0.932. The number of nitrogens with one attached hydrogen (secondary N) is 1. The number of aromatic amines is 1. The zero-order valence-electron chi connectivity index (χ0n) is 15.5. The molecule has 0 saturated heterocycles. The van der Waals surface area contributed by atoms with Crippen molar-refractivity contribution in [2.45, 2.75) is 31.2 Å². The summed E-state index contributed by atoms with van der Waals surface area (Å²) < 4.78 is 49.5. The van der Waals surface area contributed by atoms with E-state index in [2.05, 4.69) is 5.16 Å². The lowest BCUT2D eigenvalue weighted by atomic mass is 9.95. The van der Waals surface area contributed by atoms with Crippen LogP contribution in [-0.2, 0) is 0 Å². The Bertz CT molecular complexity index is 1440. The van der Waals surface area contributed by atoms with E-state index >= 15 is 0 Å². The first-order valence-corrected chi connectivity index (χ1v) is 9.45. The number of aromatic nitrogens is 2. The minimum absolute atomic E-state index is 0.0491. The van der Waals surface area contributed by atoms with Gasteiger partial charge < -0.3 is 10.3 Å². The largest absolute Gasteiger partial charge is 0.359 e. The average Bonchev–Trinajstić information content (AvgIpc) is 3.29. The minimum Gasteiger partial charge on any atom is -0.359 e. The van der Waals surface area contributed by atoms with Gasteiger partial charge in [0.05, 0.1) is 16.6 Å². The van der Waals surface area contributed by atoms with Crippen LogP contribution in [0.1, 0.15) is 30.7 Å². The van der Waals surface area contributed by atoms with E-state index in [1.807, 2.05) is 0 Å². The lowest BCUT2D eigenvalue weighted by Gasteiger charge is -2.16. The predicted molar refractivity (Wildman–Crippen MR) is 104 cm³/mol. The van der Waals surface area contributed by atoms with Gasteiger partial charge >= 0.3 is 0 Å². The molecule has 2 unspecified atom stereocenters. The summed E-state index contributed by atoms with van der Waals surface area (Å²) in [5, 5.41) is 1.58. The molecule has 0 aliphatic heterocycles. The van der Waals surface area contributed by atoms with Crippen LogP contribution in [-0.4, -0.2) is 15.8 Å². The maximum absolute atomic E-state index is 14.9. The Kier molecular flexibility index (Phi) is 4.11. The van der Waals surface area contributed by atoms with Gasteiger partial charge in [-0.15, -0.1) is 0 Å². The van der Waals surface area contributed by atoms with Crippen molar-refractivity contribution in [1.82, 2.24) is 9.72 Å². The summed E-state index contributed by atoms with van der Waals surface area (Å²) in [7, 11) is 0. The standard InChI is InChI=1S/C21H16F3N3O3/c22-10-2-4-16(15(24)6-10)27-17-8-12(9-1-3-11(25)5-9)14(23)7-13(17)19(28)18-20(29)26-30-21(18)27/h2,4,6-9,11H,1,3,5,25H2,(H,26,29). The molecule has 0 spiro atoms. The van der Waals surface area contributed by atoms with Crippen LogP contribution >= 0.6 is 0 Å². The van der Waals surface area contributed by atoms with E-state index in [9.17, 15) is 22.8 Å². The smallest absolute Gasteiger partial charge is 0.293 e. The van der Waals surface area contributed by atoms with Crippen molar-refractivity contribution < 1.29 is 17.7 Å². The van der Waals surface area contributed by atoms with E-state index in [0.717, 1.165) is 24.6 Å². The van der Waals surface area contributed by atoms with Crippen LogP contribution in [0.3, 0.4) is 0 Å². The number of fused-ring (bicyclic) bond motifs is 2. The highest BCUT2D eigenvalue weighted by Gasteiger charge is 2.28. The Hall–Kier alpha value is -3.33. The Morgan fingerprint density at radius 2 is 1.87 bits per heavy atom. The van der Waals surface area contributed by atoms with Gasteiger partial charge in [-0.1, -0.05) is 0 Å². The van der Waals surface area contributed by atoms with E-state index in [0.29, 0.717) is 24.5 Å². The molecule has 4 aromatic rings. The van der Waals surface area contributed by atoms with Crippen molar-refractivity contribution in [1.29, 1.82) is 0 Å². The van der Waals surface area contributed by atoms with Crippen LogP contribution < -0.4 is 16.7 Å². The van der Waals surface area contributed by atoms with E-state index in [-0.39, 0.29) is 39.6 Å². The number of hydrogen-bond acceptors (Lipinski definition) is 4. The molecule has 154 valence electrons. The van der Waals surface area contributed by atoms with Gasteiger partial charge in [0.15, 0.2) is 5.39 Å². The predicted octanol–water partition coefficient (Wildman–Crippen LogP) is 3.44. The van der Waals surface area contributed by atoms with Gasteiger partial charge in [-0.3, -0.25) is 14.2 Å². The molecule has 0 amide bonds. The van der Waals surface area contributed by atoms with Crippen LogP contribution in [0.4, 0.5) is 13.2 Å². The molecule has 2 atom stereocenters. The van der Waals surface area contributed by atoms with Gasteiger partial charge in [-0.2, -0.15) is 5.16 Å². The molecule has 2 aromatic heterocycles. The molecule has 1 saturated carbocycles. The van der Waals surface area contributed by atoms with Gasteiger partial charge in [0, 0.05) is 12.1 Å². The normalized spacial score (nSPS) is 19.2. The summed E-state index contributed by atoms with van der Waals surface area (Å²) in [4.78, 5) is 25.0. The molecule has 2 aromatic carbocycles. The third kappa shape index (κ3) is 2.69. The molecule has 1 fully saturated rings. The fraction of sp³-hybridized carbons (Fsp3) is 0.238. The van der Waals surface area contributed by atoms with Crippen molar-refractivity contribution in [3.63, 3.8) is 0 Å². The van der Waals surface area contributed by atoms with Gasteiger partial charge in [-0.05, 0) is 55.0 Å². The molecule has 0 bridgehead atoms. The lowest BCUT2D eigenvalue weighted by molar-refractivity contribution is 0.436. The first-order valence-electron chi connectivity index (χ1n) is 9.45. The highest BCUT2D eigenvalue weighted by atomic mass is 19.1. The fourth-order valence-corrected chi connectivity index (χ4v) is 4.35. The van der Waals surface area contributed by atoms with E-state index in [4.69, 9.17) is 10.3 Å². The van der Waals surface area contributed by atoms with Crippen LogP contribution in [0.15, 0.2) is 44.4 Å². The number of halogens is 3. The molecule has 30 heavy (non-hydrogen) atoms. The van der Waals surface area contributed by atoms with Crippen LogP contribution in [0.2, 0.25) is 0 Å². The van der Waals surface area contributed by atoms with Gasteiger partial charge in [0.1, 0.15) is 17.5 Å². The number of benzene rings is 2. The molecule has 6 nitrogen and oxygen atoms in total. The van der Waals surface area contributed by atoms with Gasteiger partial charge in [0.2, 0.25) is 11.1 Å². The Morgan fingerprint density at radius 3 is 2.57 bits per heavy atom. The van der Waals surface area contributed by atoms with Crippen LogP contribution in [0.25, 0.3) is 27.7 Å². The molecule has 2 heterocycles. The number of pyridine rings is 1. The van der Waals surface area contributed by atoms with Crippen LogP contribution in [0, 0.1) is 17.5 Å². The van der Waals surface area contributed by atoms with E-state index < -0.39 is 28.4 Å². The number of nitrogens with zero attached hydrogens (tertiary/aromatic N) is 1. The number of rotatable bonds is 2. The van der Waals surface area contributed by atoms with Crippen molar-refractivity contribution in [3.8, 4) is 5.69 Å². The first kappa shape index (κ1) is 18.7. The molecule has 3 N–H and O–H groups in total. The first-order chi connectivity index (χ1) is 14.3. The average molecular weight is 415 g/mol. The van der Waals surface area contributed by atoms with Crippen molar-refractivity contribution in [2.75, 3.05) is 0 Å². The maximum Gasteiger partial charge on any atom is 0.293 e. The highest BCUT2D eigenvalue weighted by molar-refractivity contribution is 5.93. The second-order valence-corrected chi connectivity index (χ2v) is 7.63. The topological polar surface area (TPSA) is 94.0 Å². The summed E-state index contributed by atoms with van der Waals surface area (Å²) in [6, 6.07) is 5.35. The summed E-state index contributed by atoms with van der Waals surface area (Å²) in [5.41, 5.74) is 4.54. The Labute approximate surface area is 166 Å². The number of nitrogens with two attached hydrogens (primary N) is 1. The van der Waals surface area contributed by atoms with Crippen molar-refractivity contribution >= 4 is 22.0 Å². The monoisotopic (exact) mass is 415 g/mol. The van der Waals surface area contributed by atoms with E-state index in [1.54, 1.807) is 0 Å². The molecule has 1 aliphatic rings. The summed E-state index contributed by atoms with van der Waals surface area (Å²) in [5.74, 6) is -2.47. The second-order valence-electron chi connectivity index (χ2n) is 7.63. The summed E-state index contributed by atoms with van der Waals surface area (Å²) in [6.07, 6.45) is 2.01. The van der Waals surface area contributed by atoms with Gasteiger partial charge in [0.25, 0.3) is 5.56 Å². The van der Waals surface area contributed by atoms with Gasteiger partial charge in [-0.25, -0.2) is 13.2 Å². The van der Waals surface area contributed by atoms with Crippen molar-refractivity contribution in [3.05, 3.63) is 73.9 Å². The third-order valence-electron chi connectivity index (χ3n) is 5.78. The SMILES string of the molecule is NC1CCC(c2cc3c(cc2F)c(=O)c2c(=O)[nH]oc2n3-c2ccc(F)cc2F)C1. The molecule has 1 aliphatic carbocycles. The molecular weight excluding hydrogens is 399 g/mol. The molecule has 9 heteroatoms. The number of hydrogen-bond donors (Lipinski definition) is 2. The lowest BCUT2D eigenvalue weighted by Crippen LogP contribution is -2.17. The second kappa shape index (κ2) is 6.60. The summed E-state index contributed by atoms with van der Waals surface area (Å²) in [6.45, 7) is 0. The van der Waals surface area contributed by atoms with E-state index in [1.165, 1.54) is 10.6 Å².